The molecule has 0 aliphatic carbocycles. The van der Waals surface area contributed by atoms with Crippen LogP contribution in [0.3, 0.4) is 0 Å². The molecule has 1 unspecified atom stereocenters. The number of aromatic amines is 2. The number of benzene rings is 1. The summed E-state index contributed by atoms with van der Waals surface area (Å²) < 4.78 is 0. The Bertz CT molecular complexity index is 722. The molecule has 0 saturated carbocycles. The predicted octanol–water partition coefficient (Wildman–Crippen LogP) is 2.17. The number of hydrogen-bond acceptors (Lipinski definition) is 2. The molecular formula is C15H17N3O2. The predicted molar refractivity (Wildman–Crippen MR) is 79.4 cm³/mol. The van der Waals surface area contributed by atoms with Gasteiger partial charge in [0.05, 0.1) is 17.1 Å². The minimum absolute atomic E-state index is 0.138. The third-order valence-electron chi connectivity index (χ3n) is 2.95. The quantitative estimate of drug-likeness (QED) is 0.588. The highest BCUT2D eigenvalue weighted by molar-refractivity contribution is 5.88. The zero-order chi connectivity index (χ0) is 14.5. The van der Waals surface area contributed by atoms with Gasteiger partial charge in [0.1, 0.15) is 0 Å². The van der Waals surface area contributed by atoms with Gasteiger partial charge in [-0.25, -0.2) is 4.79 Å². The first-order valence-electron chi connectivity index (χ1n) is 6.42. The van der Waals surface area contributed by atoms with Crippen molar-refractivity contribution in [1.29, 1.82) is 0 Å². The minimum atomic E-state index is -0.233. The standard InChI is InChI=1S/C15H17N3O2/c1-3-4-5-6-14(19)16-10(2)11-7-8-12-13(9-11)18-15(20)17-12/h3-10H,1-2H3,(H,16,19)(H2,17,18,20)/b4-3+,6-5+. The lowest BCUT2D eigenvalue weighted by molar-refractivity contribution is -0.117. The van der Waals surface area contributed by atoms with Crippen molar-refractivity contribution in [3.63, 3.8) is 0 Å². The largest absolute Gasteiger partial charge is 0.346 e. The lowest BCUT2D eigenvalue weighted by atomic mass is 10.1. The van der Waals surface area contributed by atoms with E-state index in [1.54, 1.807) is 12.2 Å². The number of allylic oxidation sites excluding steroid dienone is 3. The number of hydrogen-bond donors (Lipinski definition) is 3. The Hall–Kier alpha value is -2.56. The molecule has 1 amide bonds. The summed E-state index contributed by atoms with van der Waals surface area (Å²) >= 11 is 0. The summed E-state index contributed by atoms with van der Waals surface area (Å²) in [7, 11) is 0. The van der Waals surface area contributed by atoms with Gasteiger partial charge in [0, 0.05) is 6.08 Å². The minimum Gasteiger partial charge on any atom is -0.346 e. The fraction of sp³-hybridized carbons (Fsp3) is 0.200. The molecule has 3 N–H and O–H groups in total. The van der Waals surface area contributed by atoms with Gasteiger partial charge in [0.15, 0.2) is 0 Å². The second-order valence-electron chi connectivity index (χ2n) is 4.50. The molecule has 5 nitrogen and oxygen atoms in total. The highest BCUT2D eigenvalue weighted by Gasteiger charge is 2.09. The van der Waals surface area contributed by atoms with Crippen LogP contribution in [0.5, 0.6) is 0 Å². The second-order valence-corrected chi connectivity index (χ2v) is 4.50. The van der Waals surface area contributed by atoms with Crippen LogP contribution in [0, 0.1) is 0 Å². The van der Waals surface area contributed by atoms with Gasteiger partial charge in [0.2, 0.25) is 5.91 Å². The molecule has 2 rings (SSSR count). The molecule has 5 heteroatoms. The van der Waals surface area contributed by atoms with Crippen molar-refractivity contribution in [3.05, 3.63) is 58.6 Å². The van der Waals surface area contributed by atoms with E-state index in [4.69, 9.17) is 0 Å². The lowest BCUT2D eigenvalue weighted by Gasteiger charge is -2.12. The molecule has 0 fully saturated rings. The van der Waals surface area contributed by atoms with Gasteiger partial charge in [-0.05, 0) is 31.5 Å². The maximum absolute atomic E-state index is 11.7. The first-order valence-corrected chi connectivity index (χ1v) is 6.42. The Labute approximate surface area is 116 Å². The lowest BCUT2D eigenvalue weighted by Crippen LogP contribution is -2.24. The number of carbonyl (C=O) groups is 1. The van der Waals surface area contributed by atoms with Gasteiger partial charge >= 0.3 is 5.69 Å². The van der Waals surface area contributed by atoms with E-state index in [2.05, 4.69) is 15.3 Å². The molecule has 1 heterocycles. The summed E-state index contributed by atoms with van der Waals surface area (Å²) in [4.78, 5) is 28.3. The van der Waals surface area contributed by atoms with Crippen LogP contribution in [-0.2, 0) is 4.79 Å². The summed E-state index contributed by atoms with van der Waals surface area (Å²) in [5.41, 5.74) is 2.19. The molecule has 0 spiro atoms. The van der Waals surface area contributed by atoms with Gasteiger partial charge in [-0.15, -0.1) is 0 Å². The van der Waals surface area contributed by atoms with Crippen LogP contribution in [0.2, 0.25) is 0 Å². The van der Waals surface area contributed by atoms with Gasteiger partial charge in [0.25, 0.3) is 0 Å². The highest BCUT2D eigenvalue weighted by atomic mass is 16.1. The average Bonchev–Trinajstić information content (AvgIpc) is 2.77. The van der Waals surface area contributed by atoms with Crippen LogP contribution in [0.1, 0.15) is 25.5 Å². The maximum atomic E-state index is 11.7. The summed E-state index contributed by atoms with van der Waals surface area (Å²) in [6.45, 7) is 3.78. The SMILES string of the molecule is C/C=C/C=C/C(=O)NC(C)c1ccc2[nH]c(=O)[nH]c2c1. The number of aromatic nitrogens is 2. The van der Waals surface area contributed by atoms with Crippen molar-refractivity contribution in [3.8, 4) is 0 Å². The Balaban J connectivity index is 2.12. The van der Waals surface area contributed by atoms with Crippen LogP contribution in [0.25, 0.3) is 11.0 Å². The van der Waals surface area contributed by atoms with E-state index in [9.17, 15) is 9.59 Å². The summed E-state index contributed by atoms with van der Waals surface area (Å²) in [6.07, 6.45) is 6.81. The molecule has 1 aromatic carbocycles. The third kappa shape index (κ3) is 3.26. The summed E-state index contributed by atoms with van der Waals surface area (Å²) in [6, 6.07) is 5.42. The van der Waals surface area contributed by atoms with Crippen molar-refractivity contribution in [1.82, 2.24) is 15.3 Å². The van der Waals surface area contributed by atoms with Crippen molar-refractivity contribution in [2.75, 3.05) is 0 Å². The van der Waals surface area contributed by atoms with Crippen LogP contribution < -0.4 is 11.0 Å². The number of amides is 1. The number of imidazole rings is 1. The van der Waals surface area contributed by atoms with E-state index in [1.165, 1.54) is 6.08 Å². The molecule has 0 saturated heterocycles. The van der Waals surface area contributed by atoms with E-state index in [-0.39, 0.29) is 17.6 Å². The Morgan fingerprint density at radius 2 is 2.00 bits per heavy atom. The Kier molecular flexibility index (Phi) is 4.20. The number of carbonyl (C=O) groups excluding carboxylic acids is 1. The van der Waals surface area contributed by atoms with Crippen molar-refractivity contribution < 1.29 is 4.79 Å². The molecule has 0 bridgehead atoms. The topological polar surface area (TPSA) is 77.8 Å². The van der Waals surface area contributed by atoms with E-state index >= 15 is 0 Å². The molecule has 1 atom stereocenters. The maximum Gasteiger partial charge on any atom is 0.323 e. The fourth-order valence-corrected chi connectivity index (χ4v) is 1.92. The van der Waals surface area contributed by atoms with Crippen LogP contribution in [0.4, 0.5) is 0 Å². The Morgan fingerprint density at radius 1 is 1.25 bits per heavy atom. The highest BCUT2D eigenvalue weighted by Crippen LogP contribution is 2.16. The number of fused-ring (bicyclic) bond motifs is 1. The first-order chi connectivity index (χ1) is 9.60. The zero-order valence-electron chi connectivity index (χ0n) is 11.4. The molecule has 0 radical (unpaired) electrons. The number of H-pyrrole nitrogens is 2. The van der Waals surface area contributed by atoms with Gasteiger partial charge in [-0.3, -0.25) is 4.79 Å². The van der Waals surface area contributed by atoms with Crippen molar-refractivity contribution in [2.45, 2.75) is 19.9 Å². The van der Waals surface area contributed by atoms with E-state index < -0.39 is 0 Å². The number of rotatable bonds is 4. The monoisotopic (exact) mass is 271 g/mol. The zero-order valence-corrected chi connectivity index (χ0v) is 11.4. The van der Waals surface area contributed by atoms with Gasteiger partial charge in [-0.2, -0.15) is 0 Å². The molecule has 0 aliphatic heterocycles. The normalized spacial score (nSPS) is 13.3. The molecule has 20 heavy (non-hydrogen) atoms. The molecule has 2 aromatic rings. The second kappa shape index (κ2) is 6.06. The van der Waals surface area contributed by atoms with Crippen molar-refractivity contribution >= 4 is 16.9 Å². The van der Waals surface area contributed by atoms with Crippen LogP contribution >= 0.6 is 0 Å². The number of nitrogens with one attached hydrogen (secondary N) is 3. The Morgan fingerprint density at radius 3 is 2.75 bits per heavy atom. The van der Waals surface area contributed by atoms with E-state index in [1.807, 2.05) is 38.1 Å². The smallest absolute Gasteiger partial charge is 0.323 e. The molecule has 1 aromatic heterocycles. The summed E-state index contributed by atoms with van der Waals surface area (Å²) in [5.74, 6) is -0.154. The van der Waals surface area contributed by atoms with E-state index in [0.717, 1.165) is 16.6 Å². The van der Waals surface area contributed by atoms with Crippen LogP contribution in [0.15, 0.2) is 47.3 Å². The third-order valence-corrected chi connectivity index (χ3v) is 2.95. The van der Waals surface area contributed by atoms with Gasteiger partial charge < -0.3 is 15.3 Å². The molecular weight excluding hydrogens is 254 g/mol. The first kappa shape index (κ1) is 13.9. The average molecular weight is 271 g/mol. The molecule has 0 aliphatic rings. The van der Waals surface area contributed by atoms with Crippen LogP contribution in [-0.4, -0.2) is 15.9 Å². The molecule has 104 valence electrons. The fourth-order valence-electron chi connectivity index (χ4n) is 1.92. The summed E-state index contributed by atoms with van der Waals surface area (Å²) in [5, 5.41) is 2.86. The van der Waals surface area contributed by atoms with Gasteiger partial charge in [-0.1, -0.05) is 24.3 Å². The van der Waals surface area contributed by atoms with Crippen molar-refractivity contribution in [2.24, 2.45) is 0 Å². The van der Waals surface area contributed by atoms with E-state index in [0.29, 0.717) is 0 Å².